The molecule has 0 aliphatic carbocycles. The van der Waals surface area contributed by atoms with Gasteiger partial charge in [-0.3, -0.25) is 4.79 Å². The van der Waals surface area contributed by atoms with Crippen molar-refractivity contribution in [2.24, 2.45) is 0 Å². The largest absolute Gasteiger partial charge is 0.432 e. The first-order valence-corrected chi connectivity index (χ1v) is 10.2. The van der Waals surface area contributed by atoms with E-state index >= 15 is 0 Å². The van der Waals surface area contributed by atoms with Crippen molar-refractivity contribution in [3.05, 3.63) is 71.1 Å². The van der Waals surface area contributed by atoms with E-state index in [-0.39, 0.29) is 12.4 Å². The topological polar surface area (TPSA) is 111 Å². The Labute approximate surface area is 181 Å². The number of imidazole rings is 1. The maximum Gasteiger partial charge on any atom is 0.292 e. The van der Waals surface area contributed by atoms with Gasteiger partial charge in [-0.1, -0.05) is 18.2 Å². The molecule has 0 fully saturated rings. The number of halogens is 2. The van der Waals surface area contributed by atoms with Gasteiger partial charge < -0.3 is 24.4 Å². The highest BCUT2D eigenvalue weighted by molar-refractivity contribution is 5.93. The summed E-state index contributed by atoms with van der Waals surface area (Å²) in [5.74, 6) is -1.64. The van der Waals surface area contributed by atoms with E-state index in [1.54, 1.807) is 6.33 Å². The molecule has 8 nitrogen and oxygen atoms in total. The second-order valence-electron chi connectivity index (χ2n) is 8.32. The van der Waals surface area contributed by atoms with Crippen LogP contribution in [0.25, 0.3) is 10.9 Å². The molecule has 32 heavy (non-hydrogen) atoms. The number of rotatable bonds is 4. The van der Waals surface area contributed by atoms with Crippen molar-refractivity contribution >= 4 is 16.8 Å². The molecule has 5 rings (SSSR count). The fourth-order valence-corrected chi connectivity index (χ4v) is 4.08. The molecular formula is C22H21F2N5O3. The lowest BCUT2D eigenvalue weighted by Gasteiger charge is -2.34. The molecule has 0 spiro atoms. The van der Waals surface area contributed by atoms with Crippen molar-refractivity contribution in [3.8, 4) is 0 Å². The SMILES string of the molecule is CC(C)(O)c1nc(C(F)F)c(C(=O)N2CCc3[nH]cnc3[C@H]2c2cc3ccccc3[nH]2)o1. The fraction of sp³-hybridized carbons (Fsp3) is 0.318. The maximum absolute atomic E-state index is 13.7. The number of hydrogen-bond donors (Lipinski definition) is 3. The molecule has 3 N–H and O–H groups in total. The molecule has 0 unspecified atom stereocenters. The van der Waals surface area contributed by atoms with Gasteiger partial charge in [0.05, 0.1) is 12.0 Å². The van der Waals surface area contributed by atoms with Crippen molar-refractivity contribution in [2.45, 2.75) is 38.3 Å². The average Bonchev–Trinajstić information content (AvgIpc) is 3.49. The minimum atomic E-state index is -3.04. The van der Waals surface area contributed by atoms with Gasteiger partial charge in [0.1, 0.15) is 11.6 Å². The molecule has 0 saturated carbocycles. The van der Waals surface area contributed by atoms with Crippen LogP contribution in [0.5, 0.6) is 0 Å². The zero-order valence-electron chi connectivity index (χ0n) is 17.4. The number of carbonyl (C=O) groups is 1. The quantitative estimate of drug-likeness (QED) is 0.446. The van der Waals surface area contributed by atoms with Crippen molar-refractivity contribution < 1.29 is 23.1 Å². The zero-order chi connectivity index (χ0) is 22.6. The van der Waals surface area contributed by atoms with Gasteiger partial charge in [-0.25, -0.2) is 18.7 Å². The summed E-state index contributed by atoms with van der Waals surface area (Å²) in [6, 6.07) is 8.95. The number of H-pyrrole nitrogens is 2. The Morgan fingerprint density at radius 2 is 2.12 bits per heavy atom. The molecule has 0 radical (unpaired) electrons. The van der Waals surface area contributed by atoms with Gasteiger partial charge in [0.15, 0.2) is 5.69 Å². The van der Waals surface area contributed by atoms with E-state index < -0.39 is 35.4 Å². The van der Waals surface area contributed by atoms with Crippen LogP contribution in [0.1, 0.15) is 65.5 Å². The standard InChI is InChI=1S/C22H21F2N5O3/c1-22(2,31)21-28-16(19(23)24)18(32-21)20(30)29-8-7-13-15(26-10-25-13)17(29)14-9-11-5-3-4-6-12(11)27-14/h3-6,9-10,17,19,27,31H,7-8H2,1-2H3,(H,25,26)/t17-/m1/s1. The van der Waals surface area contributed by atoms with Crippen LogP contribution in [0, 0.1) is 0 Å². The van der Waals surface area contributed by atoms with E-state index in [2.05, 4.69) is 19.9 Å². The van der Waals surface area contributed by atoms with Gasteiger partial charge in [0.25, 0.3) is 12.3 Å². The fourth-order valence-electron chi connectivity index (χ4n) is 4.08. The number of aromatic nitrogens is 4. The monoisotopic (exact) mass is 441 g/mol. The van der Waals surface area contributed by atoms with Crippen LogP contribution in [0.2, 0.25) is 0 Å². The van der Waals surface area contributed by atoms with Crippen molar-refractivity contribution in [1.29, 1.82) is 0 Å². The highest BCUT2D eigenvalue weighted by Gasteiger charge is 2.40. The number of para-hydroxylation sites is 1. The molecule has 4 heterocycles. The molecule has 1 aliphatic rings. The number of fused-ring (bicyclic) bond motifs is 2. The van der Waals surface area contributed by atoms with Crippen molar-refractivity contribution in [1.82, 2.24) is 24.8 Å². The van der Waals surface area contributed by atoms with Crippen LogP contribution < -0.4 is 0 Å². The van der Waals surface area contributed by atoms with E-state index in [0.717, 1.165) is 16.6 Å². The highest BCUT2D eigenvalue weighted by Crippen LogP contribution is 2.37. The molecule has 4 aromatic rings. The van der Waals surface area contributed by atoms with Crippen molar-refractivity contribution in [2.75, 3.05) is 6.54 Å². The molecule has 166 valence electrons. The third-order valence-electron chi connectivity index (χ3n) is 5.61. The van der Waals surface area contributed by atoms with E-state index in [0.29, 0.717) is 17.8 Å². The van der Waals surface area contributed by atoms with Gasteiger partial charge in [0.2, 0.25) is 11.7 Å². The minimum Gasteiger partial charge on any atom is -0.432 e. The predicted octanol–water partition coefficient (Wildman–Crippen LogP) is 3.83. The lowest BCUT2D eigenvalue weighted by atomic mass is 9.99. The zero-order valence-corrected chi connectivity index (χ0v) is 17.4. The van der Waals surface area contributed by atoms with Gasteiger partial charge in [-0.2, -0.15) is 0 Å². The summed E-state index contributed by atoms with van der Waals surface area (Å²) in [6.07, 6.45) is -1.00. The molecule has 0 saturated heterocycles. The first kappa shape index (κ1) is 20.4. The van der Waals surface area contributed by atoms with Crippen LogP contribution in [0.15, 0.2) is 41.1 Å². The van der Waals surface area contributed by atoms with E-state index in [1.165, 1.54) is 18.7 Å². The number of aromatic amines is 2. The van der Waals surface area contributed by atoms with Crippen LogP contribution in [-0.2, 0) is 12.0 Å². The number of alkyl halides is 2. The number of nitrogens with zero attached hydrogens (tertiary/aromatic N) is 3. The van der Waals surface area contributed by atoms with Crippen LogP contribution in [0.4, 0.5) is 8.78 Å². The van der Waals surface area contributed by atoms with Crippen LogP contribution in [-0.4, -0.2) is 42.4 Å². The Balaban J connectivity index is 1.62. The maximum atomic E-state index is 13.7. The molecule has 1 aromatic carbocycles. The van der Waals surface area contributed by atoms with Gasteiger partial charge >= 0.3 is 0 Å². The lowest BCUT2D eigenvalue weighted by molar-refractivity contribution is 0.0440. The second kappa shape index (κ2) is 7.27. The molecule has 1 amide bonds. The molecule has 1 aliphatic heterocycles. The molecule has 10 heteroatoms. The van der Waals surface area contributed by atoms with Crippen molar-refractivity contribution in [3.63, 3.8) is 0 Å². The van der Waals surface area contributed by atoms with Gasteiger partial charge in [0, 0.05) is 29.9 Å². The summed E-state index contributed by atoms with van der Waals surface area (Å²) in [5.41, 5.74) is 0.702. The molecule has 0 bridgehead atoms. The van der Waals surface area contributed by atoms with Gasteiger partial charge in [-0.15, -0.1) is 0 Å². The summed E-state index contributed by atoms with van der Waals surface area (Å²) >= 11 is 0. The average molecular weight is 441 g/mol. The minimum absolute atomic E-state index is 0.259. The number of oxazole rings is 1. The summed E-state index contributed by atoms with van der Waals surface area (Å²) in [5, 5.41) is 11.1. The van der Waals surface area contributed by atoms with Gasteiger partial charge in [-0.05, 0) is 31.4 Å². The number of nitrogens with one attached hydrogen (secondary N) is 2. The summed E-state index contributed by atoms with van der Waals surface area (Å²) in [6.45, 7) is 2.97. The number of amides is 1. The van der Waals surface area contributed by atoms with Crippen LogP contribution >= 0.6 is 0 Å². The summed E-state index contributed by atoms with van der Waals surface area (Å²) in [7, 11) is 0. The highest BCUT2D eigenvalue weighted by atomic mass is 19.3. The Morgan fingerprint density at radius 3 is 2.84 bits per heavy atom. The van der Waals surface area contributed by atoms with E-state index in [4.69, 9.17) is 4.42 Å². The third kappa shape index (κ3) is 3.27. The number of benzene rings is 1. The van der Waals surface area contributed by atoms with E-state index in [1.807, 2.05) is 30.3 Å². The first-order valence-electron chi connectivity index (χ1n) is 10.2. The predicted molar refractivity (Wildman–Crippen MR) is 110 cm³/mol. The Hall–Kier alpha value is -3.53. The second-order valence-corrected chi connectivity index (χ2v) is 8.32. The lowest BCUT2D eigenvalue weighted by Crippen LogP contribution is -2.41. The molecular weight excluding hydrogens is 420 g/mol. The molecule has 3 aromatic heterocycles. The Bertz CT molecular complexity index is 1270. The third-order valence-corrected chi connectivity index (χ3v) is 5.61. The first-order chi connectivity index (χ1) is 15.2. The Kier molecular flexibility index (Phi) is 4.63. The summed E-state index contributed by atoms with van der Waals surface area (Å²) < 4.78 is 32.8. The number of carbonyl (C=O) groups excluding carboxylic acids is 1. The van der Waals surface area contributed by atoms with E-state index in [9.17, 15) is 18.7 Å². The van der Waals surface area contributed by atoms with Crippen LogP contribution in [0.3, 0.4) is 0 Å². The summed E-state index contributed by atoms with van der Waals surface area (Å²) in [4.78, 5) is 29.5. The normalized spacial score (nSPS) is 16.7. The number of aliphatic hydroxyl groups is 1. The Morgan fingerprint density at radius 1 is 1.34 bits per heavy atom. The smallest absolute Gasteiger partial charge is 0.292 e. The number of hydrogen-bond acceptors (Lipinski definition) is 5. The molecule has 1 atom stereocenters.